The number of halogens is 1. The maximum atomic E-state index is 3.76. The summed E-state index contributed by atoms with van der Waals surface area (Å²) >= 11 is 3.76. The first kappa shape index (κ1) is 9.26. The highest BCUT2D eigenvalue weighted by Gasteiger charge is 2.30. The van der Waals surface area contributed by atoms with Gasteiger partial charge in [0.05, 0.1) is 0 Å². The van der Waals surface area contributed by atoms with Gasteiger partial charge in [-0.2, -0.15) is 0 Å². The van der Waals surface area contributed by atoms with Crippen molar-refractivity contribution in [2.24, 2.45) is 5.92 Å². The molecule has 1 aliphatic carbocycles. The molecule has 1 fully saturated rings. The van der Waals surface area contributed by atoms with Crippen LogP contribution in [0.4, 0.5) is 0 Å². The molecule has 1 saturated carbocycles. The molecular weight excluding hydrogens is 224 g/mol. The van der Waals surface area contributed by atoms with E-state index in [1.54, 1.807) is 0 Å². The van der Waals surface area contributed by atoms with Crippen molar-refractivity contribution in [3.63, 3.8) is 0 Å². The van der Waals surface area contributed by atoms with Gasteiger partial charge in [0.1, 0.15) is 0 Å². The molecule has 0 aromatic heterocycles. The predicted molar refractivity (Wildman–Crippen MR) is 60.2 cm³/mol. The Morgan fingerprint density at radius 2 is 1.92 bits per heavy atom. The zero-order chi connectivity index (χ0) is 9.26. The smallest absolute Gasteiger partial charge is 0.0423 e. The first-order chi connectivity index (χ1) is 6.31. The average molecular weight is 239 g/mol. The Hall–Kier alpha value is -0.300. The lowest BCUT2D eigenvalue weighted by Crippen LogP contribution is -1.92. The summed E-state index contributed by atoms with van der Waals surface area (Å²) in [4.78, 5) is 0.596. The summed E-state index contributed by atoms with van der Waals surface area (Å²) in [5.41, 5.74) is 2.87. The Morgan fingerprint density at radius 3 is 2.38 bits per heavy atom. The van der Waals surface area contributed by atoms with Crippen LogP contribution in [-0.2, 0) is 6.42 Å². The monoisotopic (exact) mass is 238 g/mol. The molecule has 1 unspecified atom stereocenters. The first-order valence-electron chi connectivity index (χ1n) is 5.04. The Morgan fingerprint density at radius 1 is 1.31 bits per heavy atom. The standard InChI is InChI=1S/C12H15Br/c1-2-9-3-5-10(6-4-9)12(13)11-7-8-11/h3-6,11-12H,2,7-8H2,1H3. The molecule has 1 aromatic carbocycles. The minimum atomic E-state index is 0.596. The van der Waals surface area contributed by atoms with Crippen molar-refractivity contribution in [3.05, 3.63) is 35.4 Å². The van der Waals surface area contributed by atoms with Gasteiger partial charge >= 0.3 is 0 Å². The van der Waals surface area contributed by atoms with Crippen LogP contribution in [0.2, 0.25) is 0 Å². The van der Waals surface area contributed by atoms with Crippen LogP contribution in [0.15, 0.2) is 24.3 Å². The molecule has 0 radical (unpaired) electrons. The molecule has 0 amide bonds. The van der Waals surface area contributed by atoms with E-state index in [9.17, 15) is 0 Å². The molecule has 0 heterocycles. The molecule has 0 nitrogen and oxygen atoms in total. The second-order valence-electron chi connectivity index (χ2n) is 3.83. The van der Waals surface area contributed by atoms with E-state index in [1.165, 1.54) is 24.0 Å². The summed E-state index contributed by atoms with van der Waals surface area (Å²) < 4.78 is 0. The number of hydrogen-bond donors (Lipinski definition) is 0. The van der Waals surface area contributed by atoms with E-state index < -0.39 is 0 Å². The maximum Gasteiger partial charge on any atom is 0.0423 e. The van der Waals surface area contributed by atoms with Crippen molar-refractivity contribution in [3.8, 4) is 0 Å². The Labute approximate surface area is 88.5 Å². The highest BCUT2D eigenvalue weighted by atomic mass is 79.9. The number of aryl methyl sites for hydroxylation is 1. The molecule has 0 N–H and O–H groups in total. The fraction of sp³-hybridized carbons (Fsp3) is 0.500. The fourth-order valence-electron chi connectivity index (χ4n) is 1.60. The second-order valence-corrected chi connectivity index (χ2v) is 4.82. The SMILES string of the molecule is CCc1ccc(C(Br)C2CC2)cc1. The maximum absolute atomic E-state index is 3.76. The van der Waals surface area contributed by atoms with Gasteiger partial charge in [-0.15, -0.1) is 0 Å². The topological polar surface area (TPSA) is 0 Å². The average Bonchev–Trinajstić information content (AvgIpc) is 3.00. The number of benzene rings is 1. The number of rotatable bonds is 3. The first-order valence-corrected chi connectivity index (χ1v) is 5.95. The normalized spacial score (nSPS) is 18.6. The summed E-state index contributed by atoms with van der Waals surface area (Å²) in [5.74, 6) is 0.896. The predicted octanol–water partition coefficient (Wildman–Crippen LogP) is 4.10. The van der Waals surface area contributed by atoms with Crippen LogP contribution < -0.4 is 0 Å². The molecule has 2 rings (SSSR count). The van der Waals surface area contributed by atoms with Gasteiger partial charge in [0.2, 0.25) is 0 Å². The Balaban J connectivity index is 2.11. The summed E-state index contributed by atoms with van der Waals surface area (Å²) in [6.45, 7) is 2.20. The van der Waals surface area contributed by atoms with Crippen molar-refractivity contribution < 1.29 is 0 Å². The lowest BCUT2D eigenvalue weighted by molar-refractivity contribution is 0.822. The highest BCUT2D eigenvalue weighted by molar-refractivity contribution is 9.09. The second kappa shape index (κ2) is 3.83. The highest BCUT2D eigenvalue weighted by Crippen LogP contribution is 2.46. The Kier molecular flexibility index (Phi) is 2.73. The van der Waals surface area contributed by atoms with E-state index in [0.717, 1.165) is 12.3 Å². The molecule has 0 spiro atoms. The van der Waals surface area contributed by atoms with E-state index in [2.05, 4.69) is 47.1 Å². The summed E-state index contributed by atoms with van der Waals surface area (Å²) in [6.07, 6.45) is 3.92. The summed E-state index contributed by atoms with van der Waals surface area (Å²) in [6, 6.07) is 9.01. The third kappa shape index (κ3) is 2.14. The molecule has 1 aromatic rings. The molecule has 1 heteroatoms. The van der Waals surface area contributed by atoms with Crippen LogP contribution in [0.5, 0.6) is 0 Å². The molecule has 1 atom stereocenters. The number of hydrogen-bond acceptors (Lipinski definition) is 0. The molecule has 0 saturated heterocycles. The van der Waals surface area contributed by atoms with Crippen LogP contribution in [0.3, 0.4) is 0 Å². The zero-order valence-electron chi connectivity index (χ0n) is 7.96. The zero-order valence-corrected chi connectivity index (χ0v) is 9.55. The third-order valence-corrected chi connectivity index (χ3v) is 4.02. The molecular formula is C12H15Br. The van der Waals surface area contributed by atoms with Crippen LogP contribution in [0, 0.1) is 5.92 Å². The molecule has 1 aliphatic rings. The van der Waals surface area contributed by atoms with Gasteiger partial charge in [0.15, 0.2) is 0 Å². The Bertz CT molecular complexity index is 272. The molecule has 13 heavy (non-hydrogen) atoms. The van der Waals surface area contributed by atoms with Crippen LogP contribution in [-0.4, -0.2) is 0 Å². The molecule has 70 valence electrons. The van der Waals surface area contributed by atoms with Crippen LogP contribution in [0.25, 0.3) is 0 Å². The van der Waals surface area contributed by atoms with Crippen molar-refractivity contribution in [2.75, 3.05) is 0 Å². The van der Waals surface area contributed by atoms with Gasteiger partial charge in [0.25, 0.3) is 0 Å². The summed E-state index contributed by atoms with van der Waals surface area (Å²) in [7, 11) is 0. The van der Waals surface area contributed by atoms with Gasteiger partial charge in [0, 0.05) is 4.83 Å². The van der Waals surface area contributed by atoms with Crippen molar-refractivity contribution in [1.29, 1.82) is 0 Å². The molecule has 0 bridgehead atoms. The quantitative estimate of drug-likeness (QED) is 0.697. The van der Waals surface area contributed by atoms with E-state index in [4.69, 9.17) is 0 Å². The summed E-state index contributed by atoms with van der Waals surface area (Å²) in [5, 5.41) is 0. The van der Waals surface area contributed by atoms with Gasteiger partial charge < -0.3 is 0 Å². The fourth-order valence-corrected chi connectivity index (χ4v) is 2.43. The van der Waals surface area contributed by atoms with E-state index in [-0.39, 0.29) is 0 Å². The van der Waals surface area contributed by atoms with E-state index >= 15 is 0 Å². The largest absolute Gasteiger partial charge is 0.0836 e. The van der Waals surface area contributed by atoms with Crippen molar-refractivity contribution in [1.82, 2.24) is 0 Å². The minimum absolute atomic E-state index is 0.596. The lowest BCUT2D eigenvalue weighted by Gasteiger charge is -2.08. The minimum Gasteiger partial charge on any atom is -0.0836 e. The van der Waals surface area contributed by atoms with Gasteiger partial charge in [-0.3, -0.25) is 0 Å². The van der Waals surface area contributed by atoms with Gasteiger partial charge in [-0.05, 0) is 36.3 Å². The van der Waals surface area contributed by atoms with Crippen LogP contribution >= 0.6 is 15.9 Å². The third-order valence-electron chi connectivity index (χ3n) is 2.74. The van der Waals surface area contributed by atoms with Gasteiger partial charge in [-0.25, -0.2) is 0 Å². The van der Waals surface area contributed by atoms with Crippen molar-refractivity contribution in [2.45, 2.75) is 31.0 Å². The number of alkyl halides is 1. The van der Waals surface area contributed by atoms with Gasteiger partial charge in [-0.1, -0.05) is 47.1 Å². The molecule has 0 aliphatic heterocycles. The van der Waals surface area contributed by atoms with E-state index in [0.29, 0.717) is 4.83 Å². The lowest BCUT2D eigenvalue weighted by atomic mass is 10.1. The van der Waals surface area contributed by atoms with Crippen LogP contribution in [0.1, 0.15) is 35.7 Å². The van der Waals surface area contributed by atoms with E-state index in [1.807, 2.05) is 0 Å². The van der Waals surface area contributed by atoms with Crippen molar-refractivity contribution >= 4 is 15.9 Å².